The van der Waals surface area contributed by atoms with E-state index in [9.17, 15) is 4.79 Å². The van der Waals surface area contributed by atoms with Gasteiger partial charge in [0.2, 0.25) is 0 Å². The summed E-state index contributed by atoms with van der Waals surface area (Å²) < 4.78 is 0. The Balaban J connectivity index is 1.86. The number of hydrogen-bond acceptors (Lipinski definition) is 2. The van der Waals surface area contributed by atoms with Gasteiger partial charge in [0.05, 0.1) is 0 Å². The highest BCUT2D eigenvalue weighted by Gasteiger charge is 2.15. The summed E-state index contributed by atoms with van der Waals surface area (Å²) in [6.07, 6.45) is 3.48. The van der Waals surface area contributed by atoms with E-state index in [1.54, 1.807) is 0 Å². The lowest BCUT2D eigenvalue weighted by molar-refractivity contribution is 0.200. The van der Waals surface area contributed by atoms with E-state index in [2.05, 4.69) is 29.7 Å². The summed E-state index contributed by atoms with van der Waals surface area (Å²) in [6.45, 7) is 5.69. The third kappa shape index (κ3) is 4.24. The zero-order valence-corrected chi connectivity index (χ0v) is 11.6. The van der Waals surface area contributed by atoms with Crippen molar-refractivity contribution in [1.82, 2.24) is 10.2 Å². The summed E-state index contributed by atoms with van der Waals surface area (Å²) in [6, 6.07) is 8.06. The fraction of sp³-hybridized carbons (Fsp3) is 0.533. The maximum atomic E-state index is 12.0. The van der Waals surface area contributed by atoms with Crippen LogP contribution in [-0.4, -0.2) is 30.6 Å². The highest BCUT2D eigenvalue weighted by molar-refractivity contribution is 5.89. The fourth-order valence-corrected chi connectivity index (χ4v) is 2.27. The minimum absolute atomic E-state index is 0.0270. The molecular formula is C15H23N3O. The number of amides is 2. The van der Waals surface area contributed by atoms with Crippen LogP contribution in [0.4, 0.5) is 10.5 Å². The van der Waals surface area contributed by atoms with E-state index in [4.69, 9.17) is 0 Å². The smallest absolute Gasteiger partial charge is 0.321 e. The van der Waals surface area contributed by atoms with Gasteiger partial charge in [-0.15, -0.1) is 0 Å². The van der Waals surface area contributed by atoms with Crippen molar-refractivity contribution < 1.29 is 4.79 Å². The molecule has 4 nitrogen and oxygen atoms in total. The van der Waals surface area contributed by atoms with Gasteiger partial charge in [0, 0.05) is 25.3 Å². The highest BCUT2D eigenvalue weighted by Crippen LogP contribution is 2.13. The van der Waals surface area contributed by atoms with Crippen LogP contribution in [0.5, 0.6) is 0 Å². The van der Waals surface area contributed by atoms with Gasteiger partial charge in [-0.05, 0) is 43.5 Å². The number of nitrogens with one attached hydrogen (secondary N) is 2. The van der Waals surface area contributed by atoms with E-state index in [0.29, 0.717) is 0 Å². The van der Waals surface area contributed by atoms with Crippen LogP contribution in [0.3, 0.4) is 0 Å². The van der Waals surface area contributed by atoms with E-state index in [0.717, 1.165) is 44.7 Å². The monoisotopic (exact) mass is 261 g/mol. The van der Waals surface area contributed by atoms with Crippen molar-refractivity contribution in [2.24, 2.45) is 0 Å². The third-order valence-corrected chi connectivity index (χ3v) is 3.43. The zero-order valence-electron chi connectivity index (χ0n) is 11.6. The molecule has 0 saturated carbocycles. The first kappa shape index (κ1) is 13.9. The molecule has 0 unspecified atom stereocenters. The molecule has 1 heterocycles. The highest BCUT2D eigenvalue weighted by atomic mass is 16.2. The van der Waals surface area contributed by atoms with E-state index >= 15 is 0 Å². The molecule has 2 amide bonds. The molecule has 2 rings (SSSR count). The number of piperidine rings is 1. The summed E-state index contributed by atoms with van der Waals surface area (Å²) in [5.74, 6) is 0. The van der Waals surface area contributed by atoms with Crippen LogP contribution in [0.1, 0.15) is 31.7 Å². The molecule has 4 heteroatoms. The van der Waals surface area contributed by atoms with Gasteiger partial charge in [-0.1, -0.05) is 19.1 Å². The SMILES string of the molecule is CCNCc1ccc(NC(=O)N2CCCCC2)cc1. The lowest BCUT2D eigenvalue weighted by Gasteiger charge is -2.26. The number of carbonyl (C=O) groups is 1. The van der Waals surface area contributed by atoms with Gasteiger partial charge in [0.15, 0.2) is 0 Å². The van der Waals surface area contributed by atoms with Gasteiger partial charge in [0.1, 0.15) is 0 Å². The summed E-state index contributed by atoms with van der Waals surface area (Å²) in [5, 5.41) is 6.24. The van der Waals surface area contributed by atoms with Crippen molar-refractivity contribution in [1.29, 1.82) is 0 Å². The molecular weight excluding hydrogens is 238 g/mol. The molecule has 0 spiro atoms. The largest absolute Gasteiger partial charge is 0.325 e. The van der Waals surface area contributed by atoms with Crippen molar-refractivity contribution in [3.8, 4) is 0 Å². The number of nitrogens with zero attached hydrogens (tertiary/aromatic N) is 1. The van der Waals surface area contributed by atoms with Crippen molar-refractivity contribution in [2.75, 3.05) is 25.0 Å². The van der Waals surface area contributed by atoms with Gasteiger partial charge in [-0.25, -0.2) is 4.79 Å². The molecule has 0 atom stereocenters. The van der Waals surface area contributed by atoms with Gasteiger partial charge in [-0.2, -0.15) is 0 Å². The maximum absolute atomic E-state index is 12.0. The minimum atomic E-state index is 0.0270. The minimum Gasteiger partial charge on any atom is -0.325 e. The maximum Gasteiger partial charge on any atom is 0.321 e. The fourth-order valence-electron chi connectivity index (χ4n) is 2.27. The number of likely N-dealkylation sites (tertiary alicyclic amines) is 1. The Hall–Kier alpha value is -1.55. The molecule has 0 aliphatic carbocycles. The Bertz CT molecular complexity index is 396. The van der Waals surface area contributed by atoms with Crippen molar-refractivity contribution in [3.63, 3.8) is 0 Å². The first-order valence-electron chi connectivity index (χ1n) is 7.15. The van der Waals surface area contributed by atoms with Crippen molar-refractivity contribution >= 4 is 11.7 Å². The number of benzene rings is 1. The van der Waals surface area contributed by atoms with E-state index < -0.39 is 0 Å². The standard InChI is InChI=1S/C15H23N3O/c1-2-16-12-13-6-8-14(9-7-13)17-15(19)18-10-4-3-5-11-18/h6-9,16H,2-5,10-12H2,1H3,(H,17,19). The topological polar surface area (TPSA) is 44.4 Å². The molecule has 1 aliphatic heterocycles. The van der Waals surface area contributed by atoms with Crippen LogP contribution in [0.25, 0.3) is 0 Å². The molecule has 0 bridgehead atoms. The van der Waals surface area contributed by atoms with E-state index in [-0.39, 0.29) is 6.03 Å². The van der Waals surface area contributed by atoms with Crippen LogP contribution in [0.2, 0.25) is 0 Å². The van der Waals surface area contributed by atoms with Crippen molar-refractivity contribution in [3.05, 3.63) is 29.8 Å². The van der Waals surface area contributed by atoms with Crippen LogP contribution in [-0.2, 0) is 6.54 Å². The Labute approximate surface area is 115 Å². The van der Waals surface area contributed by atoms with E-state index in [1.165, 1.54) is 12.0 Å². The molecule has 0 aromatic heterocycles. The molecule has 0 radical (unpaired) electrons. The number of urea groups is 1. The predicted octanol–water partition coefficient (Wildman–Crippen LogP) is 2.81. The molecule has 2 N–H and O–H groups in total. The Morgan fingerprint density at radius 3 is 2.47 bits per heavy atom. The molecule has 1 fully saturated rings. The first-order valence-corrected chi connectivity index (χ1v) is 7.15. The third-order valence-electron chi connectivity index (χ3n) is 3.43. The van der Waals surface area contributed by atoms with Gasteiger partial charge < -0.3 is 15.5 Å². The first-order chi connectivity index (χ1) is 9.29. The summed E-state index contributed by atoms with van der Waals surface area (Å²) in [7, 11) is 0. The van der Waals surface area contributed by atoms with E-state index in [1.807, 2.05) is 17.0 Å². The molecule has 1 saturated heterocycles. The molecule has 1 aromatic rings. The van der Waals surface area contributed by atoms with Crippen LogP contribution in [0, 0.1) is 0 Å². The predicted molar refractivity (Wildman–Crippen MR) is 78.3 cm³/mol. The second-order valence-corrected chi connectivity index (χ2v) is 4.96. The van der Waals surface area contributed by atoms with Gasteiger partial charge in [0.25, 0.3) is 0 Å². The molecule has 1 aromatic carbocycles. The Morgan fingerprint density at radius 1 is 1.16 bits per heavy atom. The van der Waals surface area contributed by atoms with Gasteiger partial charge in [-0.3, -0.25) is 0 Å². The lowest BCUT2D eigenvalue weighted by Crippen LogP contribution is -2.38. The van der Waals surface area contributed by atoms with Crippen LogP contribution < -0.4 is 10.6 Å². The Morgan fingerprint density at radius 2 is 1.84 bits per heavy atom. The quantitative estimate of drug-likeness (QED) is 0.875. The second kappa shape index (κ2) is 7.14. The summed E-state index contributed by atoms with van der Waals surface area (Å²) >= 11 is 0. The normalized spacial score (nSPS) is 15.3. The van der Waals surface area contributed by atoms with Crippen molar-refractivity contribution in [2.45, 2.75) is 32.7 Å². The molecule has 19 heavy (non-hydrogen) atoms. The summed E-state index contributed by atoms with van der Waals surface area (Å²) in [4.78, 5) is 13.9. The summed E-state index contributed by atoms with van der Waals surface area (Å²) in [5.41, 5.74) is 2.11. The number of hydrogen-bond donors (Lipinski definition) is 2. The second-order valence-electron chi connectivity index (χ2n) is 4.96. The van der Waals surface area contributed by atoms with Crippen LogP contribution >= 0.6 is 0 Å². The van der Waals surface area contributed by atoms with Crippen LogP contribution in [0.15, 0.2) is 24.3 Å². The number of rotatable bonds is 4. The Kier molecular flexibility index (Phi) is 5.21. The number of anilines is 1. The molecule has 104 valence electrons. The van der Waals surface area contributed by atoms with Gasteiger partial charge >= 0.3 is 6.03 Å². The number of carbonyl (C=O) groups excluding carboxylic acids is 1. The average molecular weight is 261 g/mol. The molecule has 1 aliphatic rings. The average Bonchev–Trinajstić information content (AvgIpc) is 2.47. The zero-order chi connectivity index (χ0) is 13.5. The lowest BCUT2D eigenvalue weighted by atomic mass is 10.1.